The van der Waals surface area contributed by atoms with Gasteiger partial charge in [0.25, 0.3) is 0 Å². The summed E-state index contributed by atoms with van der Waals surface area (Å²) >= 11 is 0. The van der Waals surface area contributed by atoms with Crippen LogP contribution in [0.25, 0.3) is 0 Å². The van der Waals surface area contributed by atoms with Gasteiger partial charge in [0.15, 0.2) is 0 Å². The van der Waals surface area contributed by atoms with Crippen LogP contribution < -0.4 is 16.8 Å². The lowest BCUT2D eigenvalue weighted by Gasteiger charge is -2.13. The first kappa shape index (κ1) is 14.4. The number of anilines is 3. The quantitative estimate of drug-likeness (QED) is 0.541. The maximum absolute atomic E-state index is 8.28. The van der Waals surface area contributed by atoms with Crippen molar-refractivity contribution in [3.8, 4) is 0 Å². The number of nitrogen functional groups attached to an aromatic ring is 2. The average Bonchev–Trinajstić information content (AvgIpc) is 2.46. The van der Waals surface area contributed by atoms with E-state index >= 15 is 0 Å². The normalized spacial score (nSPS) is 10.2. The molecular formula is C14H17N7. The van der Waals surface area contributed by atoms with Crippen LogP contribution in [0.5, 0.6) is 0 Å². The van der Waals surface area contributed by atoms with Gasteiger partial charge >= 0.3 is 0 Å². The first-order valence-electron chi connectivity index (χ1n) is 6.28. The molecule has 0 aliphatic carbocycles. The maximum atomic E-state index is 8.28. The number of nitrogens with one attached hydrogen (secondary N) is 3. The van der Waals surface area contributed by atoms with Crippen LogP contribution in [0.1, 0.15) is 23.6 Å². The molecule has 1 aromatic carbocycles. The summed E-state index contributed by atoms with van der Waals surface area (Å²) in [5.41, 5.74) is 14.6. The molecule has 0 atom stereocenters. The molecule has 0 aliphatic heterocycles. The molecule has 1 aromatic heterocycles. The van der Waals surface area contributed by atoms with E-state index in [9.17, 15) is 0 Å². The summed E-state index contributed by atoms with van der Waals surface area (Å²) in [5.74, 6) is 0.344. The minimum atomic E-state index is 0.149. The van der Waals surface area contributed by atoms with Crippen LogP contribution in [0.3, 0.4) is 0 Å². The predicted octanol–water partition coefficient (Wildman–Crippen LogP) is 1.49. The fourth-order valence-electron chi connectivity index (χ4n) is 2.05. The molecule has 0 unspecified atom stereocenters. The van der Waals surface area contributed by atoms with Gasteiger partial charge in [-0.25, -0.2) is 9.97 Å². The zero-order valence-corrected chi connectivity index (χ0v) is 11.9. The van der Waals surface area contributed by atoms with Gasteiger partial charge in [0.2, 0.25) is 0 Å². The van der Waals surface area contributed by atoms with Crippen molar-refractivity contribution in [3.63, 3.8) is 0 Å². The lowest BCUT2D eigenvalue weighted by Crippen LogP contribution is -2.12. The Morgan fingerprint density at radius 3 is 2.29 bits per heavy atom. The molecule has 7 N–H and O–H groups in total. The highest BCUT2D eigenvalue weighted by Crippen LogP contribution is 2.23. The Morgan fingerprint density at radius 2 is 1.76 bits per heavy atom. The van der Waals surface area contributed by atoms with E-state index in [0.29, 0.717) is 16.8 Å². The van der Waals surface area contributed by atoms with Crippen molar-refractivity contribution in [2.24, 2.45) is 0 Å². The second-order valence-electron chi connectivity index (χ2n) is 4.53. The summed E-state index contributed by atoms with van der Waals surface area (Å²) < 4.78 is 0. The number of aromatic nitrogens is 2. The molecule has 0 fully saturated rings. The van der Waals surface area contributed by atoms with E-state index < -0.39 is 0 Å². The van der Waals surface area contributed by atoms with E-state index in [1.165, 1.54) is 6.33 Å². The highest BCUT2D eigenvalue weighted by atomic mass is 15.0. The van der Waals surface area contributed by atoms with E-state index in [1.807, 2.05) is 0 Å². The topological polar surface area (TPSA) is 138 Å². The van der Waals surface area contributed by atoms with Gasteiger partial charge in [0, 0.05) is 29.6 Å². The van der Waals surface area contributed by atoms with Crippen molar-refractivity contribution in [1.82, 2.24) is 9.97 Å². The fourth-order valence-corrected chi connectivity index (χ4v) is 2.05. The van der Waals surface area contributed by atoms with Crippen LogP contribution in [-0.2, 0) is 0 Å². The fraction of sp³-hybridized carbons (Fsp3) is 0.143. The van der Waals surface area contributed by atoms with E-state index in [1.54, 1.807) is 32.2 Å². The van der Waals surface area contributed by atoms with Crippen LogP contribution >= 0.6 is 0 Å². The minimum absolute atomic E-state index is 0.149. The van der Waals surface area contributed by atoms with Crippen LogP contribution in [-0.4, -0.2) is 28.4 Å². The number of rotatable bonds is 4. The number of benzene rings is 1. The number of nitrogens with zero attached hydrogens (tertiary/aromatic N) is 2. The summed E-state index contributed by atoms with van der Waals surface area (Å²) in [6.45, 7) is 1.71. The van der Waals surface area contributed by atoms with Crippen molar-refractivity contribution < 1.29 is 0 Å². The van der Waals surface area contributed by atoms with Crippen molar-refractivity contribution in [2.75, 3.05) is 23.8 Å². The Bertz CT molecular complexity index is 701. The van der Waals surface area contributed by atoms with E-state index in [-0.39, 0.29) is 17.3 Å². The van der Waals surface area contributed by atoms with Gasteiger partial charge in [-0.05, 0) is 13.0 Å². The highest BCUT2D eigenvalue weighted by Gasteiger charge is 2.15. The smallest absolute Gasteiger partial charge is 0.138 e. The summed E-state index contributed by atoms with van der Waals surface area (Å²) in [6.07, 6.45) is 1.27. The third-order valence-electron chi connectivity index (χ3n) is 3.14. The van der Waals surface area contributed by atoms with Crippen molar-refractivity contribution in [1.29, 1.82) is 10.8 Å². The largest absolute Gasteiger partial charge is 0.388 e. The zero-order chi connectivity index (χ0) is 15.6. The molecule has 0 radical (unpaired) electrons. The molecule has 2 aromatic rings. The van der Waals surface area contributed by atoms with Crippen LogP contribution in [0, 0.1) is 10.8 Å². The lowest BCUT2D eigenvalue weighted by atomic mass is 9.99. The molecule has 1 heterocycles. The average molecular weight is 283 g/mol. The Labute approximate surface area is 122 Å². The summed E-state index contributed by atoms with van der Waals surface area (Å²) in [6, 6.07) is 5.32. The molecule has 2 rings (SSSR count). The maximum Gasteiger partial charge on any atom is 0.138 e. The molecule has 0 amide bonds. The number of hydrogen-bond acceptors (Lipinski definition) is 7. The molecule has 0 bridgehead atoms. The third kappa shape index (κ3) is 2.66. The zero-order valence-electron chi connectivity index (χ0n) is 11.9. The van der Waals surface area contributed by atoms with Gasteiger partial charge in [-0.2, -0.15) is 0 Å². The molecule has 0 aliphatic rings. The molecule has 7 nitrogen and oxygen atoms in total. The summed E-state index contributed by atoms with van der Waals surface area (Å²) in [4.78, 5) is 7.74. The van der Waals surface area contributed by atoms with Crippen LogP contribution in [0.4, 0.5) is 17.3 Å². The van der Waals surface area contributed by atoms with Crippen LogP contribution in [0.15, 0.2) is 24.5 Å². The summed E-state index contributed by atoms with van der Waals surface area (Å²) in [5, 5.41) is 19.0. The molecule has 21 heavy (non-hydrogen) atoms. The SMILES string of the molecule is CNc1cc(C(=N)c2c(N)ncnc2N)ccc1C(C)=N. The van der Waals surface area contributed by atoms with Crippen molar-refractivity contribution in [2.45, 2.75) is 6.92 Å². The van der Waals surface area contributed by atoms with Crippen molar-refractivity contribution in [3.05, 3.63) is 41.2 Å². The Hall–Kier alpha value is -2.96. The van der Waals surface area contributed by atoms with E-state index in [4.69, 9.17) is 22.3 Å². The molecule has 0 spiro atoms. The number of hydrogen-bond donors (Lipinski definition) is 5. The first-order valence-corrected chi connectivity index (χ1v) is 6.28. The van der Waals surface area contributed by atoms with Gasteiger partial charge in [0.1, 0.15) is 18.0 Å². The van der Waals surface area contributed by atoms with Gasteiger partial charge in [-0.3, -0.25) is 5.41 Å². The number of nitrogens with two attached hydrogens (primary N) is 2. The Morgan fingerprint density at radius 1 is 1.14 bits per heavy atom. The van der Waals surface area contributed by atoms with Gasteiger partial charge < -0.3 is 22.2 Å². The molecular weight excluding hydrogens is 266 g/mol. The van der Waals surface area contributed by atoms with E-state index in [2.05, 4.69) is 15.3 Å². The summed E-state index contributed by atoms with van der Waals surface area (Å²) in [7, 11) is 1.77. The Balaban J connectivity index is 2.52. The highest BCUT2D eigenvalue weighted by molar-refractivity contribution is 6.17. The van der Waals surface area contributed by atoms with Gasteiger partial charge in [-0.15, -0.1) is 0 Å². The van der Waals surface area contributed by atoms with Crippen molar-refractivity contribution >= 4 is 28.7 Å². The molecule has 0 saturated heterocycles. The minimum Gasteiger partial charge on any atom is -0.388 e. The monoisotopic (exact) mass is 283 g/mol. The van der Waals surface area contributed by atoms with Gasteiger partial charge in [0.05, 0.1) is 11.3 Å². The Kier molecular flexibility index (Phi) is 3.84. The standard InChI is InChI=1S/C14H17N7/c1-7(15)9-4-3-8(5-10(9)19-2)12(16)11-13(17)20-6-21-14(11)18/h3-6,15-16,19H,1-2H3,(H4,17,18,20,21). The predicted molar refractivity (Wildman–Crippen MR) is 85.3 cm³/mol. The molecule has 0 saturated carbocycles. The molecule has 108 valence electrons. The van der Waals surface area contributed by atoms with Gasteiger partial charge in [-0.1, -0.05) is 12.1 Å². The first-order chi connectivity index (χ1) is 9.95. The lowest BCUT2D eigenvalue weighted by molar-refractivity contribution is 1.17. The third-order valence-corrected chi connectivity index (χ3v) is 3.14. The second kappa shape index (κ2) is 5.58. The molecule has 7 heteroatoms. The van der Waals surface area contributed by atoms with Crippen LogP contribution in [0.2, 0.25) is 0 Å². The second-order valence-corrected chi connectivity index (χ2v) is 4.53. The van der Waals surface area contributed by atoms with E-state index in [0.717, 1.165) is 11.3 Å².